The summed E-state index contributed by atoms with van der Waals surface area (Å²) in [6.45, 7) is 6.18. The van der Waals surface area contributed by atoms with Crippen molar-refractivity contribution < 1.29 is 14.3 Å². The molecule has 0 N–H and O–H groups in total. The fraction of sp³-hybridized carbons (Fsp3) is 0.423. The number of nitrogens with zero attached hydrogens (tertiary/aromatic N) is 4. The van der Waals surface area contributed by atoms with E-state index in [0.717, 1.165) is 42.4 Å². The summed E-state index contributed by atoms with van der Waals surface area (Å²) >= 11 is 0. The Hall–Kier alpha value is -3.35. The zero-order valence-electron chi connectivity index (χ0n) is 19.6. The topological polar surface area (TPSA) is 66.7 Å². The first-order valence-corrected chi connectivity index (χ1v) is 11.5. The van der Waals surface area contributed by atoms with Crippen molar-refractivity contribution in [2.24, 2.45) is 10.2 Å². The second-order valence-electron chi connectivity index (χ2n) is 8.72. The van der Waals surface area contributed by atoms with Gasteiger partial charge in [0.15, 0.2) is 11.5 Å². The van der Waals surface area contributed by atoms with Gasteiger partial charge in [-0.1, -0.05) is 30.3 Å². The normalized spacial score (nSPS) is 17.9. The van der Waals surface area contributed by atoms with E-state index in [9.17, 15) is 4.79 Å². The number of benzene rings is 2. The monoisotopic (exact) mass is 448 g/mol. The largest absolute Gasteiger partial charge is 0.493 e. The third-order valence-electron chi connectivity index (χ3n) is 5.96. The maximum Gasteiger partial charge on any atom is 0.228 e. The van der Waals surface area contributed by atoms with Crippen molar-refractivity contribution in [2.75, 3.05) is 31.6 Å². The minimum Gasteiger partial charge on any atom is -0.493 e. The number of carbonyl (C=O) groups excluding carboxylic acids is 1. The number of hydrogen-bond donors (Lipinski definition) is 0. The molecule has 1 saturated heterocycles. The summed E-state index contributed by atoms with van der Waals surface area (Å²) in [6, 6.07) is 16.5. The molecule has 33 heavy (non-hydrogen) atoms. The average Bonchev–Trinajstić information content (AvgIpc) is 3.32. The SMILES string of the molecule is COc1ccc(N2CCN(C(=O)CC3=NN=CC3)[C@@H](Cc3ccccc3)C2)cc1OC(C)C. The number of hydrogen-bond acceptors (Lipinski definition) is 6. The second kappa shape index (κ2) is 10.5. The van der Waals surface area contributed by atoms with Crippen molar-refractivity contribution in [3.63, 3.8) is 0 Å². The Morgan fingerprint density at radius 2 is 1.94 bits per heavy atom. The number of amides is 1. The summed E-state index contributed by atoms with van der Waals surface area (Å²) in [4.78, 5) is 17.6. The van der Waals surface area contributed by atoms with Crippen LogP contribution in [-0.4, -0.2) is 61.6 Å². The molecule has 0 bridgehead atoms. The first kappa shape index (κ1) is 22.8. The molecule has 2 aromatic rings. The molecular weight excluding hydrogens is 416 g/mol. The van der Waals surface area contributed by atoms with E-state index >= 15 is 0 Å². The Balaban J connectivity index is 1.54. The maximum atomic E-state index is 13.2. The number of rotatable bonds is 8. The molecule has 0 unspecified atom stereocenters. The molecule has 7 nitrogen and oxygen atoms in total. The van der Waals surface area contributed by atoms with E-state index in [1.807, 2.05) is 49.1 Å². The van der Waals surface area contributed by atoms with Crippen LogP contribution in [0.4, 0.5) is 5.69 Å². The van der Waals surface area contributed by atoms with Gasteiger partial charge < -0.3 is 19.3 Å². The summed E-state index contributed by atoms with van der Waals surface area (Å²) in [5.74, 6) is 1.59. The van der Waals surface area contributed by atoms with Crippen molar-refractivity contribution in [1.29, 1.82) is 0 Å². The summed E-state index contributed by atoms with van der Waals surface area (Å²) < 4.78 is 11.5. The lowest BCUT2D eigenvalue weighted by Crippen LogP contribution is -2.56. The summed E-state index contributed by atoms with van der Waals surface area (Å²) in [6.07, 6.45) is 3.61. The van der Waals surface area contributed by atoms with Crippen molar-refractivity contribution in [2.45, 2.75) is 45.3 Å². The highest BCUT2D eigenvalue weighted by Crippen LogP contribution is 2.33. The summed E-state index contributed by atoms with van der Waals surface area (Å²) in [7, 11) is 1.65. The predicted octanol–water partition coefficient (Wildman–Crippen LogP) is 3.96. The summed E-state index contributed by atoms with van der Waals surface area (Å²) in [5.41, 5.74) is 3.14. The van der Waals surface area contributed by atoms with Crippen molar-refractivity contribution in [3.05, 3.63) is 54.1 Å². The molecule has 0 saturated carbocycles. The van der Waals surface area contributed by atoms with E-state index in [0.29, 0.717) is 19.4 Å². The molecule has 0 radical (unpaired) electrons. The molecule has 1 atom stereocenters. The van der Waals surface area contributed by atoms with Crippen LogP contribution in [0.2, 0.25) is 0 Å². The van der Waals surface area contributed by atoms with Crippen LogP contribution in [0.15, 0.2) is 58.7 Å². The highest BCUT2D eigenvalue weighted by Gasteiger charge is 2.31. The van der Waals surface area contributed by atoms with Crippen LogP contribution in [0, 0.1) is 0 Å². The average molecular weight is 449 g/mol. The minimum atomic E-state index is 0.0527. The molecule has 2 heterocycles. The molecule has 1 amide bonds. The number of carbonyl (C=O) groups is 1. The Morgan fingerprint density at radius 1 is 1.12 bits per heavy atom. The van der Waals surface area contributed by atoms with E-state index in [-0.39, 0.29) is 18.1 Å². The number of anilines is 1. The smallest absolute Gasteiger partial charge is 0.228 e. The minimum absolute atomic E-state index is 0.0527. The first-order valence-electron chi connectivity index (χ1n) is 11.5. The molecule has 1 fully saturated rings. The van der Waals surface area contributed by atoms with E-state index < -0.39 is 0 Å². The van der Waals surface area contributed by atoms with Crippen molar-refractivity contribution in [3.8, 4) is 11.5 Å². The van der Waals surface area contributed by atoms with Gasteiger partial charge in [0, 0.05) is 44.0 Å². The Morgan fingerprint density at radius 3 is 2.64 bits per heavy atom. The molecule has 0 spiro atoms. The van der Waals surface area contributed by atoms with Gasteiger partial charge in [0.25, 0.3) is 0 Å². The molecule has 174 valence electrons. The standard InChI is InChI=1S/C26H32N4O3/c1-19(2)33-25-17-22(9-10-24(25)32-3)29-13-14-30(26(31)16-21-11-12-27-28-21)23(18-29)15-20-7-5-4-6-8-20/h4-10,12,17,19,23H,11,13-16,18H2,1-3H3/t23-/m0/s1. The van der Waals surface area contributed by atoms with E-state index in [4.69, 9.17) is 9.47 Å². The second-order valence-corrected chi connectivity index (χ2v) is 8.72. The number of methoxy groups -OCH3 is 1. The van der Waals surface area contributed by atoms with Gasteiger partial charge in [-0.25, -0.2) is 0 Å². The van der Waals surface area contributed by atoms with Gasteiger partial charge in [0.05, 0.1) is 31.4 Å². The zero-order valence-corrected chi connectivity index (χ0v) is 19.6. The Bertz CT molecular complexity index is 1020. The lowest BCUT2D eigenvalue weighted by Gasteiger charge is -2.43. The fourth-order valence-corrected chi connectivity index (χ4v) is 4.38. The molecule has 2 aliphatic heterocycles. The van der Waals surface area contributed by atoms with Crippen LogP contribution in [-0.2, 0) is 11.2 Å². The van der Waals surface area contributed by atoms with Gasteiger partial charge in [-0.05, 0) is 38.0 Å². The molecule has 0 aromatic heterocycles. The van der Waals surface area contributed by atoms with Gasteiger partial charge in [0.1, 0.15) is 0 Å². The fourth-order valence-electron chi connectivity index (χ4n) is 4.38. The first-order chi connectivity index (χ1) is 16.0. The van der Waals surface area contributed by atoms with Crippen LogP contribution in [0.25, 0.3) is 0 Å². The number of ether oxygens (including phenoxy) is 2. The lowest BCUT2D eigenvalue weighted by molar-refractivity contribution is -0.132. The highest BCUT2D eigenvalue weighted by atomic mass is 16.5. The van der Waals surface area contributed by atoms with E-state index in [1.54, 1.807) is 13.3 Å². The quantitative estimate of drug-likeness (QED) is 0.613. The Labute approximate surface area is 195 Å². The van der Waals surface area contributed by atoms with Gasteiger partial charge in [-0.15, -0.1) is 0 Å². The van der Waals surface area contributed by atoms with Crippen LogP contribution in [0.1, 0.15) is 32.3 Å². The molecule has 2 aliphatic rings. The van der Waals surface area contributed by atoms with Crippen LogP contribution in [0.5, 0.6) is 11.5 Å². The highest BCUT2D eigenvalue weighted by molar-refractivity contribution is 6.07. The number of piperazine rings is 1. The van der Waals surface area contributed by atoms with E-state index in [2.05, 4.69) is 33.3 Å². The van der Waals surface area contributed by atoms with Crippen LogP contribution in [0.3, 0.4) is 0 Å². The maximum absolute atomic E-state index is 13.2. The van der Waals surface area contributed by atoms with Gasteiger partial charge in [0.2, 0.25) is 5.91 Å². The molecule has 7 heteroatoms. The molecule has 4 rings (SSSR count). The molecule has 0 aliphatic carbocycles. The molecule has 2 aromatic carbocycles. The predicted molar refractivity (Wildman–Crippen MR) is 132 cm³/mol. The van der Waals surface area contributed by atoms with Gasteiger partial charge in [-0.2, -0.15) is 10.2 Å². The third kappa shape index (κ3) is 5.72. The third-order valence-corrected chi connectivity index (χ3v) is 5.96. The van der Waals surface area contributed by atoms with Crippen LogP contribution >= 0.6 is 0 Å². The zero-order chi connectivity index (χ0) is 23.2. The van der Waals surface area contributed by atoms with Crippen molar-refractivity contribution in [1.82, 2.24) is 4.90 Å². The molecular formula is C26H32N4O3. The van der Waals surface area contributed by atoms with E-state index in [1.165, 1.54) is 5.56 Å². The lowest BCUT2D eigenvalue weighted by atomic mass is 10.0. The van der Waals surface area contributed by atoms with Crippen LogP contribution < -0.4 is 14.4 Å². The van der Waals surface area contributed by atoms with Crippen molar-refractivity contribution >= 4 is 23.5 Å². The van der Waals surface area contributed by atoms with Gasteiger partial charge >= 0.3 is 0 Å². The summed E-state index contributed by atoms with van der Waals surface area (Å²) in [5, 5.41) is 8.00. The Kier molecular flexibility index (Phi) is 7.27. The van der Waals surface area contributed by atoms with Gasteiger partial charge in [-0.3, -0.25) is 4.79 Å².